The lowest BCUT2D eigenvalue weighted by molar-refractivity contribution is -0.142. The van der Waals surface area contributed by atoms with Gasteiger partial charge in [0.15, 0.2) is 0 Å². The number of nitrogens with two attached hydrogens (primary N) is 2. The van der Waals surface area contributed by atoms with Gasteiger partial charge in [-0.3, -0.25) is 19.2 Å². The highest BCUT2D eigenvalue weighted by atomic mass is 16.4. The molecule has 0 bridgehead atoms. The minimum absolute atomic E-state index is 0.0690. The van der Waals surface area contributed by atoms with Gasteiger partial charge in [-0.15, -0.1) is 0 Å². The smallest absolute Gasteiger partial charge is 0.326 e. The molecular formula is C20H29N9O7. The normalized spacial score (nSPS) is 15.1. The summed E-state index contributed by atoms with van der Waals surface area (Å²) in [6, 6.07) is -5.65. The molecule has 0 aliphatic rings. The van der Waals surface area contributed by atoms with Crippen LogP contribution in [0.3, 0.4) is 0 Å². The van der Waals surface area contributed by atoms with Gasteiger partial charge in [0.2, 0.25) is 23.6 Å². The van der Waals surface area contributed by atoms with Crippen LogP contribution in [0.1, 0.15) is 24.7 Å². The molecule has 16 heteroatoms. The molecule has 5 unspecified atom stereocenters. The third kappa shape index (κ3) is 8.48. The number of carbonyl (C=O) groups excluding carboxylic acids is 4. The number of nitrogens with zero attached hydrogens (tertiary/aromatic N) is 2. The van der Waals surface area contributed by atoms with Gasteiger partial charge in [-0.1, -0.05) is 0 Å². The predicted molar refractivity (Wildman–Crippen MR) is 121 cm³/mol. The van der Waals surface area contributed by atoms with Gasteiger partial charge in [0.05, 0.1) is 31.2 Å². The second-order valence-corrected chi connectivity index (χ2v) is 8.03. The SMILES string of the molecule is CC(O)C(NC(=O)C(N)Cc1cnc[nH]1)C(=O)NC(CC(N)=O)C(=O)NC(Cc1cnc[nH]1)C(=O)O. The fourth-order valence-electron chi connectivity index (χ4n) is 3.15. The fourth-order valence-corrected chi connectivity index (χ4v) is 3.15. The van der Waals surface area contributed by atoms with E-state index in [-0.39, 0.29) is 12.8 Å². The summed E-state index contributed by atoms with van der Waals surface area (Å²) in [5, 5.41) is 26.3. The minimum Gasteiger partial charge on any atom is -0.480 e. The van der Waals surface area contributed by atoms with E-state index in [0.29, 0.717) is 11.4 Å². The lowest BCUT2D eigenvalue weighted by Crippen LogP contribution is -2.60. The average Bonchev–Trinajstić information content (AvgIpc) is 3.49. The molecular weight excluding hydrogens is 478 g/mol. The van der Waals surface area contributed by atoms with Gasteiger partial charge in [-0.05, 0) is 6.92 Å². The zero-order chi connectivity index (χ0) is 26.8. The first kappa shape index (κ1) is 27.9. The first-order valence-electron chi connectivity index (χ1n) is 10.8. The van der Waals surface area contributed by atoms with E-state index in [0.717, 1.165) is 0 Å². The van der Waals surface area contributed by atoms with Crippen molar-refractivity contribution in [1.29, 1.82) is 0 Å². The Hall–Kier alpha value is -4.31. The van der Waals surface area contributed by atoms with Crippen LogP contribution in [0.2, 0.25) is 0 Å². The first-order valence-corrected chi connectivity index (χ1v) is 10.8. The molecule has 196 valence electrons. The van der Waals surface area contributed by atoms with Crippen molar-refractivity contribution >= 4 is 29.6 Å². The maximum absolute atomic E-state index is 12.8. The summed E-state index contributed by atoms with van der Waals surface area (Å²) in [6.07, 6.45) is 3.40. The number of carbonyl (C=O) groups is 5. The molecule has 2 aromatic rings. The van der Waals surface area contributed by atoms with Gasteiger partial charge in [0.25, 0.3) is 0 Å². The standard InChI is InChI=1S/C20H29N9O7/c1-9(30)16(29-17(32)12(21)2-10-5-23-7-25-10)19(34)27-13(4-15(22)31)18(33)28-14(20(35)36)3-11-6-24-8-26-11/h5-9,12-14,16,30H,2-4,21H2,1H3,(H2,22,31)(H,23,25)(H,24,26)(H,27,34)(H,28,33)(H,29,32)(H,35,36). The lowest BCUT2D eigenvalue weighted by Gasteiger charge is -2.26. The number of aromatic amines is 2. The number of primary amides is 1. The van der Waals surface area contributed by atoms with Crippen LogP contribution in [-0.4, -0.2) is 90.0 Å². The number of aromatic nitrogens is 4. The molecule has 2 aromatic heterocycles. The van der Waals surface area contributed by atoms with Crippen LogP contribution in [0.4, 0.5) is 0 Å². The molecule has 0 saturated heterocycles. The highest BCUT2D eigenvalue weighted by molar-refractivity contribution is 5.96. The number of H-pyrrole nitrogens is 2. The van der Waals surface area contributed by atoms with E-state index >= 15 is 0 Å². The van der Waals surface area contributed by atoms with Crippen molar-refractivity contribution in [3.63, 3.8) is 0 Å². The first-order chi connectivity index (χ1) is 17.0. The largest absolute Gasteiger partial charge is 0.480 e. The van der Waals surface area contributed by atoms with E-state index in [2.05, 4.69) is 35.9 Å². The topological polar surface area (TPSA) is 271 Å². The van der Waals surface area contributed by atoms with Crippen LogP contribution in [0, 0.1) is 0 Å². The van der Waals surface area contributed by atoms with Crippen molar-refractivity contribution in [1.82, 2.24) is 35.9 Å². The second-order valence-electron chi connectivity index (χ2n) is 8.03. The average molecular weight is 508 g/mol. The summed E-state index contributed by atoms with van der Waals surface area (Å²) in [5.41, 5.74) is 12.0. The summed E-state index contributed by atoms with van der Waals surface area (Å²) in [7, 11) is 0. The Kier molecular flexibility index (Phi) is 10.1. The molecule has 2 rings (SSSR count). The third-order valence-electron chi connectivity index (χ3n) is 5.03. The van der Waals surface area contributed by atoms with Gasteiger partial charge >= 0.3 is 5.97 Å². The molecule has 0 radical (unpaired) electrons. The summed E-state index contributed by atoms with van der Waals surface area (Å²) in [5.74, 6) is -5.14. The predicted octanol–water partition coefficient (Wildman–Crippen LogP) is -3.96. The lowest BCUT2D eigenvalue weighted by atomic mass is 10.1. The van der Waals surface area contributed by atoms with Crippen LogP contribution >= 0.6 is 0 Å². The Morgan fingerprint density at radius 2 is 1.47 bits per heavy atom. The number of amides is 4. The number of aliphatic carboxylic acids is 1. The maximum Gasteiger partial charge on any atom is 0.326 e. The van der Waals surface area contributed by atoms with E-state index in [1.165, 1.54) is 32.0 Å². The molecule has 11 N–H and O–H groups in total. The number of aliphatic hydroxyl groups is 1. The maximum atomic E-state index is 12.8. The second kappa shape index (κ2) is 13.0. The number of aliphatic hydroxyl groups excluding tert-OH is 1. The number of carboxylic acid groups (broad SMARTS) is 1. The van der Waals surface area contributed by atoms with Crippen molar-refractivity contribution < 1.29 is 34.2 Å². The van der Waals surface area contributed by atoms with E-state index in [4.69, 9.17) is 11.5 Å². The highest BCUT2D eigenvalue weighted by Crippen LogP contribution is 2.04. The van der Waals surface area contributed by atoms with Crippen molar-refractivity contribution in [2.24, 2.45) is 11.5 Å². The zero-order valence-corrected chi connectivity index (χ0v) is 19.3. The van der Waals surface area contributed by atoms with Crippen molar-refractivity contribution in [2.45, 2.75) is 56.5 Å². The minimum atomic E-state index is -1.59. The summed E-state index contributed by atoms with van der Waals surface area (Å²) in [6.45, 7) is 1.22. The Labute approximate surface area is 204 Å². The summed E-state index contributed by atoms with van der Waals surface area (Å²) < 4.78 is 0. The summed E-state index contributed by atoms with van der Waals surface area (Å²) in [4.78, 5) is 74.2. The van der Waals surface area contributed by atoms with E-state index in [1.54, 1.807) is 0 Å². The quantitative estimate of drug-likeness (QED) is 0.120. The number of hydrogen-bond acceptors (Lipinski definition) is 9. The van der Waals surface area contributed by atoms with Gasteiger partial charge < -0.3 is 47.6 Å². The van der Waals surface area contributed by atoms with Gasteiger partial charge in [-0.2, -0.15) is 0 Å². The molecule has 36 heavy (non-hydrogen) atoms. The van der Waals surface area contributed by atoms with Gasteiger partial charge in [-0.25, -0.2) is 14.8 Å². The Morgan fingerprint density at radius 3 is 1.94 bits per heavy atom. The number of nitrogens with one attached hydrogen (secondary N) is 5. The zero-order valence-electron chi connectivity index (χ0n) is 19.3. The number of hydrogen-bond donors (Lipinski definition) is 9. The Morgan fingerprint density at radius 1 is 0.917 bits per heavy atom. The Bertz CT molecular complexity index is 1040. The van der Waals surface area contributed by atoms with Crippen molar-refractivity contribution in [2.75, 3.05) is 0 Å². The van der Waals surface area contributed by atoms with Crippen LogP contribution < -0.4 is 27.4 Å². The van der Waals surface area contributed by atoms with Gasteiger partial charge in [0.1, 0.15) is 18.1 Å². The molecule has 0 aliphatic heterocycles. The Balaban J connectivity index is 2.08. The molecule has 4 amide bonds. The van der Waals surface area contributed by atoms with E-state index in [9.17, 15) is 34.2 Å². The molecule has 0 spiro atoms. The van der Waals surface area contributed by atoms with Crippen LogP contribution in [0.25, 0.3) is 0 Å². The molecule has 0 aromatic carbocycles. The number of rotatable bonds is 14. The molecule has 5 atom stereocenters. The van der Waals surface area contributed by atoms with Crippen molar-refractivity contribution in [3.05, 3.63) is 36.4 Å². The fraction of sp³-hybridized carbons (Fsp3) is 0.450. The van der Waals surface area contributed by atoms with E-state index < -0.39 is 66.3 Å². The van der Waals surface area contributed by atoms with Crippen molar-refractivity contribution in [3.8, 4) is 0 Å². The highest BCUT2D eigenvalue weighted by Gasteiger charge is 2.33. The monoisotopic (exact) mass is 507 g/mol. The molecule has 0 fully saturated rings. The molecule has 0 aliphatic carbocycles. The van der Waals surface area contributed by atoms with Crippen LogP contribution in [0.15, 0.2) is 25.0 Å². The van der Waals surface area contributed by atoms with E-state index in [1.807, 2.05) is 0 Å². The molecule has 2 heterocycles. The molecule has 0 saturated carbocycles. The third-order valence-corrected chi connectivity index (χ3v) is 5.03. The molecule has 16 nitrogen and oxygen atoms in total. The van der Waals surface area contributed by atoms with Crippen LogP contribution in [0.5, 0.6) is 0 Å². The number of carboxylic acids is 1. The van der Waals surface area contributed by atoms with Crippen LogP contribution in [-0.2, 0) is 36.8 Å². The van der Waals surface area contributed by atoms with Gasteiger partial charge in [0, 0.05) is 36.6 Å². The summed E-state index contributed by atoms with van der Waals surface area (Å²) >= 11 is 0. The number of imidazole rings is 2.